The number of benzene rings is 1. The molecular weight excluding hydrogens is 220 g/mol. The third-order valence-electron chi connectivity index (χ3n) is 2.33. The summed E-state index contributed by atoms with van der Waals surface area (Å²) in [5, 5.41) is 8.89. The van der Waals surface area contributed by atoms with E-state index in [9.17, 15) is 4.21 Å². The molecule has 2 unspecified atom stereocenters. The Morgan fingerprint density at radius 3 is 2.81 bits per heavy atom. The van der Waals surface area contributed by atoms with E-state index in [1.54, 1.807) is 6.07 Å². The van der Waals surface area contributed by atoms with Crippen LogP contribution in [-0.4, -0.2) is 16.5 Å². The van der Waals surface area contributed by atoms with Gasteiger partial charge in [0, 0.05) is 22.3 Å². The van der Waals surface area contributed by atoms with Crippen molar-refractivity contribution >= 4 is 10.8 Å². The largest absolute Gasteiger partial charge is 0.330 e. The molecule has 0 bridgehead atoms. The van der Waals surface area contributed by atoms with Gasteiger partial charge in [-0.2, -0.15) is 5.26 Å². The summed E-state index contributed by atoms with van der Waals surface area (Å²) in [7, 11) is -0.944. The van der Waals surface area contributed by atoms with Gasteiger partial charge in [0.15, 0.2) is 0 Å². The molecule has 0 saturated carbocycles. The van der Waals surface area contributed by atoms with Gasteiger partial charge in [-0.3, -0.25) is 4.21 Å². The van der Waals surface area contributed by atoms with E-state index in [2.05, 4.69) is 6.07 Å². The summed E-state index contributed by atoms with van der Waals surface area (Å²) in [5.74, 6) is 1.29. The molecule has 0 saturated heterocycles. The van der Waals surface area contributed by atoms with Crippen molar-refractivity contribution in [3.8, 4) is 6.07 Å². The topological polar surface area (TPSA) is 66.9 Å². The highest BCUT2D eigenvalue weighted by Crippen LogP contribution is 2.11. The first kappa shape index (κ1) is 12.9. The van der Waals surface area contributed by atoms with Gasteiger partial charge in [-0.15, -0.1) is 0 Å². The van der Waals surface area contributed by atoms with E-state index < -0.39 is 10.8 Å². The van der Waals surface area contributed by atoms with Crippen molar-refractivity contribution in [2.75, 3.05) is 12.3 Å². The minimum Gasteiger partial charge on any atom is -0.330 e. The van der Waals surface area contributed by atoms with Crippen LogP contribution in [0.25, 0.3) is 0 Å². The average molecular weight is 236 g/mol. The summed E-state index contributed by atoms with van der Waals surface area (Å²) >= 11 is 0. The monoisotopic (exact) mass is 236 g/mol. The SMILES string of the molecule is CC(CN)CS(=O)Cc1ccccc1C#N. The van der Waals surface area contributed by atoms with Crippen LogP contribution >= 0.6 is 0 Å². The fraction of sp³-hybridized carbons (Fsp3) is 0.417. The quantitative estimate of drug-likeness (QED) is 0.840. The van der Waals surface area contributed by atoms with E-state index in [1.807, 2.05) is 25.1 Å². The maximum Gasteiger partial charge on any atom is 0.0994 e. The molecule has 0 aliphatic carbocycles. The van der Waals surface area contributed by atoms with Gasteiger partial charge >= 0.3 is 0 Å². The maximum atomic E-state index is 11.8. The number of rotatable bonds is 5. The molecule has 1 aromatic carbocycles. The third-order valence-corrected chi connectivity index (χ3v) is 3.90. The van der Waals surface area contributed by atoms with Crippen LogP contribution in [0.4, 0.5) is 0 Å². The van der Waals surface area contributed by atoms with E-state index in [0.717, 1.165) is 5.56 Å². The van der Waals surface area contributed by atoms with Crippen molar-refractivity contribution in [1.82, 2.24) is 0 Å². The van der Waals surface area contributed by atoms with Gasteiger partial charge in [0.1, 0.15) is 0 Å². The smallest absolute Gasteiger partial charge is 0.0994 e. The molecule has 86 valence electrons. The second kappa shape index (κ2) is 6.41. The summed E-state index contributed by atoms with van der Waals surface area (Å²) in [6.07, 6.45) is 0. The number of nitriles is 1. The lowest BCUT2D eigenvalue weighted by Gasteiger charge is -2.08. The maximum absolute atomic E-state index is 11.8. The van der Waals surface area contributed by atoms with Crippen LogP contribution in [0.3, 0.4) is 0 Å². The number of hydrogen-bond acceptors (Lipinski definition) is 3. The lowest BCUT2D eigenvalue weighted by Crippen LogP contribution is -2.18. The molecule has 16 heavy (non-hydrogen) atoms. The summed E-state index contributed by atoms with van der Waals surface area (Å²) in [4.78, 5) is 0. The second-order valence-electron chi connectivity index (χ2n) is 3.86. The van der Waals surface area contributed by atoms with Crippen molar-refractivity contribution in [2.45, 2.75) is 12.7 Å². The predicted octanol–water partition coefficient (Wildman–Crippen LogP) is 1.40. The Kier molecular flexibility index (Phi) is 5.17. The lowest BCUT2D eigenvalue weighted by molar-refractivity contribution is 0.640. The van der Waals surface area contributed by atoms with Crippen molar-refractivity contribution in [3.05, 3.63) is 35.4 Å². The highest BCUT2D eigenvalue weighted by Gasteiger charge is 2.09. The number of nitrogens with two attached hydrogens (primary N) is 1. The minimum absolute atomic E-state index is 0.259. The predicted molar refractivity (Wildman–Crippen MR) is 66.1 cm³/mol. The Labute approximate surface area is 98.7 Å². The van der Waals surface area contributed by atoms with Crippen LogP contribution in [0.2, 0.25) is 0 Å². The van der Waals surface area contributed by atoms with Gasteiger partial charge < -0.3 is 5.73 Å². The fourth-order valence-corrected chi connectivity index (χ4v) is 2.86. The Morgan fingerprint density at radius 1 is 1.50 bits per heavy atom. The molecule has 0 aliphatic rings. The van der Waals surface area contributed by atoms with Crippen LogP contribution in [0.1, 0.15) is 18.1 Å². The molecule has 3 nitrogen and oxygen atoms in total. The molecule has 1 rings (SSSR count). The zero-order valence-corrected chi connectivity index (χ0v) is 10.2. The minimum atomic E-state index is -0.944. The molecule has 0 aliphatic heterocycles. The first-order chi connectivity index (χ1) is 7.67. The van der Waals surface area contributed by atoms with Gasteiger partial charge in [0.25, 0.3) is 0 Å². The molecule has 0 aromatic heterocycles. The zero-order valence-electron chi connectivity index (χ0n) is 9.35. The summed E-state index contributed by atoms with van der Waals surface area (Å²) < 4.78 is 11.8. The standard InChI is InChI=1S/C12H16N2OS/c1-10(6-13)8-16(15)9-12-5-3-2-4-11(12)7-14/h2-5,10H,6,8-9,13H2,1H3. The fourth-order valence-electron chi connectivity index (χ4n) is 1.37. The molecule has 2 N–H and O–H groups in total. The van der Waals surface area contributed by atoms with Crippen molar-refractivity contribution < 1.29 is 4.21 Å². The highest BCUT2D eigenvalue weighted by atomic mass is 32.2. The van der Waals surface area contributed by atoms with Gasteiger partial charge in [0.2, 0.25) is 0 Å². The van der Waals surface area contributed by atoms with Crippen LogP contribution in [0.15, 0.2) is 24.3 Å². The van der Waals surface area contributed by atoms with Crippen LogP contribution in [0.5, 0.6) is 0 Å². The van der Waals surface area contributed by atoms with Crippen molar-refractivity contribution in [3.63, 3.8) is 0 Å². The van der Waals surface area contributed by atoms with E-state index in [0.29, 0.717) is 23.6 Å². The van der Waals surface area contributed by atoms with Crippen LogP contribution in [0, 0.1) is 17.2 Å². The van der Waals surface area contributed by atoms with E-state index in [-0.39, 0.29) is 5.92 Å². The molecule has 1 aromatic rings. The summed E-state index contributed by atoms with van der Waals surface area (Å²) in [5.41, 5.74) is 6.94. The molecule has 0 fully saturated rings. The van der Waals surface area contributed by atoms with Crippen molar-refractivity contribution in [1.29, 1.82) is 5.26 Å². The molecule has 0 amide bonds. The molecule has 0 spiro atoms. The lowest BCUT2D eigenvalue weighted by atomic mass is 10.1. The van der Waals surface area contributed by atoms with Crippen LogP contribution in [-0.2, 0) is 16.6 Å². The Balaban J connectivity index is 2.67. The third kappa shape index (κ3) is 3.76. The van der Waals surface area contributed by atoms with E-state index in [4.69, 9.17) is 11.0 Å². The second-order valence-corrected chi connectivity index (χ2v) is 5.36. The van der Waals surface area contributed by atoms with Crippen molar-refractivity contribution in [2.24, 2.45) is 11.7 Å². The Hall–Kier alpha value is -1.18. The molecule has 2 atom stereocenters. The molecule has 4 heteroatoms. The van der Waals surface area contributed by atoms with Gasteiger partial charge in [-0.05, 0) is 24.1 Å². The first-order valence-electron chi connectivity index (χ1n) is 5.20. The molecule has 0 radical (unpaired) electrons. The van der Waals surface area contributed by atoms with E-state index in [1.165, 1.54) is 0 Å². The zero-order chi connectivity index (χ0) is 12.0. The van der Waals surface area contributed by atoms with Gasteiger partial charge in [-0.25, -0.2) is 0 Å². The molecular formula is C12H16N2OS. The van der Waals surface area contributed by atoms with Gasteiger partial charge in [0.05, 0.1) is 11.6 Å². The summed E-state index contributed by atoms with van der Waals surface area (Å²) in [6, 6.07) is 9.38. The summed E-state index contributed by atoms with van der Waals surface area (Å²) in [6.45, 7) is 2.53. The Bertz CT molecular complexity index is 412. The first-order valence-corrected chi connectivity index (χ1v) is 6.69. The number of hydrogen-bond donors (Lipinski definition) is 1. The molecule has 0 heterocycles. The van der Waals surface area contributed by atoms with E-state index >= 15 is 0 Å². The highest BCUT2D eigenvalue weighted by molar-refractivity contribution is 7.84. The normalized spacial score (nSPS) is 14.1. The average Bonchev–Trinajstić information content (AvgIpc) is 2.29. The number of nitrogens with zero attached hydrogens (tertiary/aromatic N) is 1. The Morgan fingerprint density at radius 2 is 2.19 bits per heavy atom. The van der Waals surface area contributed by atoms with Gasteiger partial charge in [-0.1, -0.05) is 25.1 Å². The van der Waals surface area contributed by atoms with Crippen LogP contribution < -0.4 is 5.73 Å².